The summed E-state index contributed by atoms with van der Waals surface area (Å²) in [7, 11) is 0. The summed E-state index contributed by atoms with van der Waals surface area (Å²) in [6.07, 6.45) is 11.2. The van der Waals surface area contributed by atoms with Crippen LogP contribution in [0.15, 0.2) is 60.7 Å². The summed E-state index contributed by atoms with van der Waals surface area (Å²) in [4.78, 5) is 0. The molecule has 0 bridgehead atoms. The molecule has 0 aromatic heterocycles. The molecule has 0 unspecified atom stereocenters. The number of benzene rings is 3. The van der Waals surface area contributed by atoms with Crippen LogP contribution in [-0.2, 0) is 6.42 Å². The molecule has 0 N–H and O–H groups in total. The zero-order valence-corrected chi connectivity index (χ0v) is 20.6. The lowest BCUT2D eigenvalue weighted by molar-refractivity contribution is 0.272. The molecule has 0 heterocycles. The average molecular weight is 425 g/mol. The Morgan fingerprint density at radius 1 is 0.656 bits per heavy atom. The molecule has 32 heavy (non-hydrogen) atoms. The van der Waals surface area contributed by atoms with Gasteiger partial charge in [-0.25, -0.2) is 0 Å². The molecule has 0 amide bonds. The largest absolute Gasteiger partial charge is 0.0625 e. The molecule has 168 valence electrons. The molecule has 1 fully saturated rings. The Balaban J connectivity index is 1.37. The first-order chi connectivity index (χ1) is 15.5. The number of rotatable bonds is 7. The zero-order valence-electron chi connectivity index (χ0n) is 20.6. The highest BCUT2D eigenvalue weighted by Crippen LogP contribution is 2.32. The summed E-state index contributed by atoms with van der Waals surface area (Å²) < 4.78 is 0. The lowest BCUT2D eigenvalue weighted by Crippen LogP contribution is -2.12. The highest BCUT2D eigenvalue weighted by molar-refractivity contribution is 5.73. The van der Waals surface area contributed by atoms with Crippen LogP contribution >= 0.6 is 0 Å². The Morgan fingerprint density at radius 3 is 1.91 bits per heavy atom. The summed E-state index contributed by atoms with van der Waals surface area (Å²) in [6, 6.07) is 22.7. The van der Waals surface area contributed by atoms with Crippen LogP contribution in [-0.4, -0.2) is 0 Å². The second-order valence-electron chi connectivity index (χ2n) is 10.4. The van der Waals surface area contributed by atoms with Crippen molar-refractivity contribution in [1.82, 2.24) is 0 Å². The van der Waals surface area contributed by atoms with Crippen molar-refractivity contribution in [2.75, 3.05) is 0 Å². The standard InChI is InChI=1S/C32H40/c1-23-9-13-27(14-10-23)7-5-6-8-31-21-26(4)32(22-25(31)3)30-19-17-29(18-20-30)28-15-11-24(2)12-16-28/h11-12,15-23,27H,5-10,13-14H2,1-4H3. The number of hydrogen-bond donors (Lipinski definition) is 0. The minimum absolute atomic E-state index is 0.967. The van der Waals surface area contributed by atoms with Gasteiger partial charge in [-0.2, -0.15) is 0 Å². The van der Waals surface area contributed by atoms with Crippen molar-refractivity contribution < 1.29 is 0 Å². The highest BCUT2D eigenvalue weighted by Gasteiger charge is 2.17. The van der Waals surface area contributed by atoms with Gasteiger partial charge in [-0.05, 0) is 84.4 Å². The van der Waals surface area contributed by atoms with Crippen LogP contribution in [0.3, 0.4) is 0 Å². The number of unbranched alkanes of at least 4 members (excludes halogenated alkanes) is 1. The Kier molecular flexibility index (Phi) is 7.51. The van der Waals surface area contributed by atoms with Gasteiger partial charge in [-0.3, -0.25) is 0 Å². The van der Waals surface area contributed by atoms with E-state index in [2.05, 4.69) is 88.4 Å². The topological polar surface area (TPSA) is 0 Å². The van der Waals surface area contributed by atoms with Crippen LogP contribution in [0.4, 0.5) is 0 Å². The molecular formula is C32H40. The van der Waals surface area contributed by atoms with Crippen molar-refractivity contribution in [3.8, 4) is 22.3 Å². The van der Waals surface area contributed by atoms with Crippen LogP contribution in [0.1, 0.15) is 74.1 Å². The van der Waals surface area contributed by atoms with E-state index in [0.717, 1.165) is 11.8 Å². The Bertz CT molecular complexity index is 999. The first-order valence-corrected chi connectivity index (χ1v) is 12.8. The van der Waals surface area contributed by atoms with E-state index in [9.17, 15) is 0 Å². The molecule has 4 rings (SSSR count). The van der Waals surface area contributed by atoms with E-state index in [1.165, 1.54) is 90.3 Å². The maximum Gasteiger partial charge on any atom is -0.0152 e. The molecule has 0 radical (unpaired) electrons. The second-order valence-corrected chi connectivity index (χ2v) is 10.4. The van der Waals surface area contributed by atoms with Gasteiger partial charge in [-0.15, -0.1) is 0 Å². The summed E-state index contributed by atoms with van der Waals surface area (Å²) >= 11 is 0. The summed E-state index contributed by atoms with van der Waals surface area (Å²) in [5.41, 5.74) is 11.0. The quantitative estimate of drug-likeness (QED) is 0.331. The van der Waals surface area contributed by atoms with Gasteiger partial charge in [0, 0.05) is 0 Å². The van der Waals surface area contributed by atoms with E-state index < -0.39 is 0 Å². The van der Waals surface area contributed by atoms with Crippen LogP contribution < -0.4 is 0 Å². The molecule has 0 heteroatoms. The van der Waals surface area contributed by atoms with Crippen molar-refractivity contribution in [3.05, 3.63) is 82.9 Å². The van der Waals surface area contributed by atoms with Crippen LogP contribution in [0.2, 0.25) is 0 Å². The molecule has 0 spiro atoms. The molecule has 3 aromatic rings. The van der Waals surface area contributed by atoms with Gasteiger partial charge in [0.15, 0.2) is 0 Å². The molecule has 0 atom stereocenters. The van der Waals surface area contributed by atoms with Gasteiger partial charge in [0.25, 0.3) is 0 Å². The van der Waals surface area contributed by atoms with Gasteiger partial charge >= 0.3 is 0 Å². The number of aryl methyl sites for hydroxylation is 4. The van der Waals surface area contributed by atoms with Gasteiger partial charge < -0.3 is 0 Å². The average Bonchev–Trinajstić information content (AvgIpc) is 2.80. The van der Waals surface area contributed by atoms with E-state index in [4.69, 9.17) is 0 Å². The smallest absolute Gasteiger partial charge is 0.0152 e. The number of hydrogen-bond acceptors (Lipinski definition) is 0. The molecule has 0 nitrogen and oxygen atoms in total. The maximum atomic E-state index is 2.45. The Morgan fingerprint density at radius 2 is 1.25 bits per heavy atom. The van der Waals surface area contributed by atoms with E-state index >= 15 is 0 Å². The zero-order chi connectivity index (χ0) is 22.5. The maximum absolute atomic E-state index is 2.45. The Labute approximate surface area is 196 Å². The van der Waals surface area contributed by atoms with Crippen molar-refractivity contribution in [2.45, 2.75) is 79.1 Å². The van der Waals surface area contributed by atoms with Gasteiger partial charge in [-0.1, -0.05) is 112 Å². The van der Waals surface area contributed by atoms with E-state index in [-0.39, 0.29) is 0 Å². The molecular weight excluding hydrogens is 384 g/mol. The Hall–Kier alpha value is -2.34. The molecule has 0 aliphatic heterocycles. The highest BCUT2D eigenvalue weighted by atomic mass is 14.2. The third-order valence-electron chi connectivity index (χ3n) is 7.71. The minimum atomic E-state index is 0.967. The van der Waals surface area contributed by atoms with Crippen molar-refractivity contribution >= 4 is 0 Å². The van der Waals surface area contributed by atoms with Gasteiger partial charge in [0.1, 0.15) is 0 Å². The lowest BCUT2D eigenvalue weighted by Gasteiger charge is -2.26. The molecule has 1 saturated carbocycles. The van der Waals surface area contributed by atoms with E-state index in [1.807, 2.05) is 0 Å². The third-order valence-corrected chi connectivity index (χ3v) is 7.71. The van der Waals surface area contributed by atoms with Crippen LogP contribution in [0.25, 0.3) is 22.3 Å². The first-order valence-electron chi connectivity index (χ1n) is 12.8. The SMILES string of the molecule is Cc1ccc(-c2ccc(-c3cc(C)c(CCCCC4CCC(C)CC4)cc3C)cc2)cc1. The van der Waals surface area contributed by atoms with E-state index in [1.54, 1.807) is 5.56 Å². The molecule has 1 aliphatic carbocycles. The molecule has 3 aromatic carbocycles. The summed E-state index contributed by atoms with van der Waals surface area (Å²) in [5.74, 6) is 1.97. The normalized spacial score (nSPS) is 18.6. The van der Waals surface area contributed by atoms with Crippen molar-refractivity contribution in [1.29, 1.82) is 0 Å². The third kappa shape index (κ3) is 5.71. The van der Waals surface area contributed by atoms with Crippen molar-refractivity contribution in [2.24, 2.45) is 11.8 Å². The molecule has 1 aliphatic rings. The van der Waals surface area contributed by atoms with Crippen molar-refractivity contribution in [3.63, 3.8) is 0 Å². The van der Waals surface area contributed by atoms with Crippen LogP contribution in [0.5, 0.6) is 0 Å². The van der Waals surface area contributed by atoms with Gasteiger partial charge in [0.2, 0.25) is 0 Å². The predicted octanol–water partition coefficient (Wildman–Crippen LogP) is 9.48. The van der Waals surface area contributed by atoms with E-state index in [0.29, 0.717) is 0 Å². The second kappa shape index (κ2) is 10.5. The summed E-state index contributed by atoms with van der Waals surface area (Å²) in [6.45, 7) is 9.12. The lowest BCUT2D eigenvalue weighted by atomic mass is 9.80. The minimum Gasteiger partial charge on any atom is -0.0625 e. The first kappa shape index (κ1) is 22.8. The van der Waals surface area contributed by atoms with Gasteiger partial charge in [0.05, 0.1) is 0 Å². The fourth-order valence-electron chi connectivity index (χ4n) is 5.41. The fraction of sp³-hybridized carbons (Fsp3) is 0.438. The predicted molar refractivity (Wildman–Crippen MR) is 140 cm³/mol. The monoisotopic (exact) mass is 424 g/mol. The summed E-state index contributed by atoms with van der Waals surface area (Å²) in [5, 5.41) is 0. The molecule has 0 saturated heterocycles. The van der Waals surface area contributed by atoms with Crippen LogP contribution in [0, 0.1) is 32.6 Å². The fourth-order valence-corrected chi connectivity index (χ4v) is 5.41.